The Morgan fingerprint density at radius 3 is 2.58 bits per heavy atom. The average Bonchev–Trinajstić information content (AvgIpc) is 2.36. The number of nitro groups is 1. The van der Waals surface area contributed by atoms with Crippen molar-refractivity contribution in [3.8, 4) is 0 Å². The first-order valence-corrected chi connectivity index (χ1v) is 5.11. The van der Waals surface area contributed by atoms with Crippen LogP contribution in [0.1, 0.15) is 17.2 Å². The van der Waals surface area contributed by atoms with Gasteiger partial charge in [0, 0.05) is 17.3 Å². The summed E-state index contributed by atoms with van der Waals surface area (Å²) in [4.78, 5) is 34.3. The fourth-order valence-electron chi connectivity index (χ4n) is 1.57. The number of methoxy groups -OCH3 is 1. The summed E-state index contributed by atoms with van der Waals surface area (Å²) in [7, 11) is 1.01. The molecule has 0 saturated carbocycles. The molecule has 9 heteroatoms. The number of ether oxygens (including phenoxy) is 1. The molecule has 0 bridgehead atoms. The van der Waals surface area contributed by atoms with Gasteiger partial charge >= 0.3 is 17.2 Å². The van der Waals surface area contributed by atoms with Crippen molar-refractivity contribution in [2.24, 2.45) is 0 Å². The molecule has 0 radical (unpaired) electrons. The molecule has 0 amide bonds. The number of H-pyrrole nitrogens is 1. The number of rotatable bonds is 4. The molecule has 0 aliphatic rings. The van der Waals surface area contributed by atoms with Crippen molar-refractivity contribution in [3.63, 3.8) is 0 Å². The summed E-state index contributed by atoms with van der Waals surface area (Å²) in [5.74, 6) is -1.10. The van der Waals surface area contributed by atoms with Crippen molar-refractivity contribution in [3.05, 3.63) is 37.8 Å². The number of pyridine rings is 1. The number of carbonyl (C=O) groups excluding carboxylic acids is 1. The van der Waals surface area contributed by atoms with E-state index in [1.807, 2.05) is 0 Å². The average molecular weight is 272 g/mol. The first-order chi connectivity index (χ1) is 8.81. The van der Waals surface area contributed by atoms with E-state index < -0.39 is 34.3 Å². The van der Waals surface area contributed by atoms with Crippen LogP contribution in [0.4, 0.5) is 5.69 Å². The van der Waals surface area contributed by atoms with Crippen molar-refractivity contribution in [2.75, 3.05) is 7.11 Å². The van der Waals surface area contributed by atoms with Gasteiger partial charge in [-0.15, -0.1) is 0 Å². The minimum absolute atomic E-state index is 0.135. The van der Waals surface area contributed by atoms with Crippen LogP contribution >= 0.6 is 0 Å². The van der Waals surface area contributed by atoms with E-state index >= 15 is 0 Å². The maximum Gasteiger partial charge on any atom is 0.337 e. The Hall–Kier alpha value is -2.26. The summed E-state index contributed by atoms with van der Waals surface area (Å²) in [6.07, 6.45) is -2.65. The van der Waals surface area contributed by atoms with Crippen LogP contribution in [-0.2, 0) is 9.53 Å². The molecular weight excluding hydrogens is 260 g/mol. The minimum atomic E-state index is -1.91. The van der Waals surface area contributed by atoms with Gasteiger partial charge in [0.25, 0.3) is 0 Å². The predicted octanol–water partition coefficient (Wildman–Crippen LogP) is -0.841. The molecule has 2 unspecified atom stereocenters. The number of aromatic amines is 1. The molecule has 9 nitrogen and oxygen atoms in total. The van der Waals surface area contributed by atoms with Gasteiger partial charge in [0.1, 0.15) is 6.10 Å². The lowest BCUT2D eigenvalue weighted by molar-refractivity contribution is -0.387. The molecule has 0 saturated heterocycles. The highest BCUT2D eigenvalue weighted by atomic mass is 16.6. The third kappa shape index (κ3) is 2.77. The number of aliphatic hydroxyl groups is 2. The molecule has 2 atom stereocenters. The maximum atomic E-state index is 11.3. The number of hydrogen-bond acceptors (Lipinski definition) is 7. The summed E-state index contributed by atoms with van der Waals surface area (Å²) in [6.45, 7) is 1.23. The standard InChI is InChI=1S/C10H12N2O7/c1-4-5(7(13)8(14)10(16)19-2)3-11-9(15)6(4)12(17)18/h3,7-8,13-14H,1-2H3,(H,11,15). The topological polar surface area (TPSA) is 143 Å². The van der Waals surface area contributed by atoms with E-state index in [0.717, 1.165) is 13.3 Å². The zero-order valence-corrected chi connectivity index (χ0v) is 10.1. The Bertz CT molecular complexity index is 565. The van der Waals surface area contributed by atoms with Crippen LogP contribution in [0.25, 0.3) is 0 Å². The lowest BCUT2D eigenvalue weighted by Crippen LogP contribution is -2.30. The fourth-order valence-corrected chi connectivity index (χ4v) is 1.57. The number of carbonyl (C=O) groups is 1. The van der Waals surface area contributed by atoms with E-state index in [1.165, 1.54) is 6.92 Å². The van der Waals surface area contributed by atoms with Crippen molar-refractivity contribution >= 4 is 11.7 Å². The van der Waals surface area contributed by atoms with E-state index in [0.29, 0.717) is 0 Å². The Morgan fingerprint density at radius 2 is 2.11 bits per heavy atom. The first-order valence-electron chi connectivity index (χ1n) is 5.11. The Labute approximate surface area is 106 Å². The molecule has 1 aromatic heterocycles. The molecule has 1 rings (SSSR count). The van der Waals surface area contributed by atoms with Gasteiger partial charge in [-0.2, -0.15) is 0 Å². The molecule has 0 aliphatic carbocycles. The van der Waals surface area contributed by atoms with E-state index in [2.05, 4.69) is 9.72 Å². The molecule has 1 aromatic rings. The van der Waals surface area contributed by atoms with Crippen LogP contribution in [0.2, 0.25) is 0 Å². The van der Waals surface area contributed by atoms with Crippen molar-refractivity contribution in [2.45, 2.75) is 19.1 Å². The zero-order valence-electron chi connectivity index (χ0n) is 10.1. The van der Waals surface area contributed by atoms with E-state index in [1.54, 1.807) is 0 Å². The van der Waals surface area contributed by atoms with Crippen molar-refractivity contribution < 1.29 is 24.7 Å². The Morgan fingerprint density at radius 1 is 1.53 bits per heavy atom. The van der Waals surface area contributed by atoms with E-state index in [9.17, 15) is 29.9 Å². The molecule has 1 heterocycles. The smallest absolute Gasteiger partial charge is 0.337 e. The third-order valence-corrected chi connectivity index (χ3v) is 2.61. The van der Waals surface area contributed by atoms with Gasteiger partial charge < -0.3 is 19.9 Å². The Balaban J connectivity index is 3.29. The minimum Gasteiger partial charge on any atom is -0.467 e. The molecule has 19 heavy (non-hydrogen) atoms. The third-order valence-electron chi connectivity index (χ3n) is 2.61. The summed E-state index contributed by atoms with van der Waals surface area (Å²) in [6, 6.07) is 0. The number of aromatic nitrogens is 1. The highest BCUT2D eigenvalue weighted by Crippen LogP contribution is 2.24. The zero-order chi connectivity index (χ0) is 14.7. The van der Waals surface area contributed by atoms with Gasteiger partial charge in [0.15, 0.2) is 6.10 Å². The molecule has 0 spiro atoms. The number of nitrogens with zero attached hydrogens (tertiary/aromatic N) is 1. The van der Waals surface area contributed by atoms with E-state index in [4.69, 9.17) is 0 Å². The Kier molecular flexibility index (Phi) is 4.35. The normalized spacial score (nSPS) is 13.7. The van der Waals surface area contributed by atoms with Gasteiger partial charge in [-0.3, -0.25) is 14.9 Å². The van der Waals surface area contributed by atoms with Crippen LogP contribution in [0.5, 0.6) is 0 Å². The van der Waals surface area contributed by atoms with Gasteiger partial charge in [-0.1, -0.05) is 0 Å². The SMILES string of the molecule is COC(=O)C(O)C(O)c1c[nH]c(=O)c([N+](=O)[O-])c1C. The number of esters is 1. The fraction of sp³-hybridized carbons (Fsp3) is 0.400. The van der Waals surface area contributed by atoms with Gasteiger partial charge in [-0.05, 0) is 6.92 Å². The second-order valence-electron chi connectivity index (χ2n) is 3.72. The number of aliphatic hydroxyl groups excluding tert-OH is 2. The summed E-state index contributed by atoms with van der Waals surface area (Å²) in [5, 5.41) is 30.0. The number of nitrogens with one attached hydrogen (secondary N) is 1. The van der Waals surface area contributed by atoms with Crippen LogP contribution in [-0.4, -0.2) is 39.3 Å². The summed E-state index contributed by atoms with van der Waals surface area (Å²) < 4.78 is 4.24. The van der Waals surface area contributed by atoms with Gasteiger partial charge in [-0.25, -0.2) is 4.79 Å². The van der Waals surface area contributed by atoms with Crippen LogP contribution in [0.15, 0.2) is 11.0 Å². The summed E-state index contributed by atoms with van der Waals surface area (Å²) >= 11 is 0. The summed E-state index contributed by atoms with van der Waals surface area (Å²) in [5.41, 5.74) is -1.96. The number of hydrogen-bond donors (Lipinski definition) is 3. The molecule has 0 aromatic carbocycles. The molecule has 104 valence electrons. The molecule has 3 N–H and O–H groups in total. The van der Waals surface area contributed by atoms with Crippen LogP contribution in [0, 0.1) is 17.0 Å². The lowest BCUT2D eigenvalue weighted by Gasteiger charge is -2.17. The quantitative estimate of drug-likeness (QED) is 0.368. The highest BCUT2D eigenvalue weighted by molar-refractivity contribution is 5.75. The second-order valence-corrected chi connectivity index (χ2v) is 3.72. The van der Waals surface area contributed by atoms with Gasteiger partial charge in [0.2, 0.25) is 0 Å². The second kappa shape index (κ2) is 5.59. The van der Waals surface area contributed by atoms with Crippen molar-refractivity contribution in [1.29, 1.82) is 0 Å². The van der Waals surface area contributed by atoms with Crippen LogP contribution in [0.3, 0.4) is 0 Å². The lowest BCUT2D eigenvalue weighted by atomic mass is 10.0. The maximum absolute atomic E-state index is 11.3. The van der Waals surface area contributed by atoms with Crippen molar-refractivity contribution in [1.82, 2.24) is 4.98 Å². The molecule has 0 aliphatic heterocycles. The monoisotopic (exact) mass is 272 g/mol. The highest BCUT2D eigenvalue weighted by Gasteiger charge is 2.31. The largest absolute Gasteiger partial charge is 0.467 e. The van der Waals surface area contributed by atoms with Crippen LogP contribution < -0.4 is 5.56 Å². The first kappa shape index (κ1) is 14.8. The molecule has 0 fully saturated rings. The molecular formula is C10H12N2O7. The van der Waals surface area contributed by atoms with E-state index in [-0.39, 0.29) is 11.1 Å². The predicted molar refractivity (Wildman–Crippen MR) is 61.4 cm³/mol. The van der Waals surface area contributed by atoms with Gasteiger partial charge in [0.05, 0.1) is 12.0 Å².